The van der Waals surface area contributed by atoms with Gasteiger partial charge in [0.05, 0.1) is 0 Å². The number of benzene rings is 2. The lowest BCUT2D eigenvalue weighted by molar-refractivity contribution is 0.204. The van der Waals surface area contributed by atoms with Gasteiger partial charge in [0.25, 0.3) is 0 Å². The molecule has 2 aromatic rings. The Morgan fingerprint density at radius 2 is 1.70 bits per heavy atom. The molecule has 0 saturated carbocycles. The highest BCUT2D eigenvalue weighted by Gasteiger charge is 2.14. The maximum Gasteiger partial charge on any atom is 0.319 e. The third-order valence-electron chi connectivity index (χ3n) is 4.00. The maximum absolute atomic E-state index is 12.1. The molecule has 3 N–H and O–H groups in total. The molecule has 2 unspecified atom stereocenters. The first kappa shape index (κ1) is 17.0. The van der Waals surface area contributed by atoms with Gasteiger partial charge < -0.3 is 15.7 Å². The third-order valence-corrected chi connectivity index (χ3v) is 4.00. The van der Waals surface area contributed by atoms with Crippen molar-refractivity contribution in [2.24, 2.45) is 5.92 Å². The molecule has 0 fully saturated rings. The summed E-state index contributed by atoms with van der Waals surface area (Å²) in [5.74, 6) is 0.0142. The molecular formula is C19H24N2O2. The molecular weight excluding hydrogens is 288 g/mol. The van der Waals surface area contributed by atoms with Gasteiger partial charge in [0.2, 0.25) is 0 Å². The molecule has 2 rings (SSSR count). The van der Waals surface area contributed by atoms with E-state index in [0.717, 1.165) is 17.7 Å². The lowest BCUT2D eigenvalue weighted by Gasteiger charge is -2.20. The number of urea groups is 1. The van der Waals surface area contributed by atoms with E-state index in [4.69, 9.17) is 5.11 Å². The van der Waals surface area contributed by atoms with Crippen molar-refractivity contribution in [1.29, 1.82) is 0 Å². The first-order chi connectivity index (χ1) is 11.1. The van der Waals surface area contributed by atoms with E-state index in [1.54, 1.807) is 0 Å². The van der Waals surface area contributed by atoms with Crippen LogP contribution >= 0.6 is 0 Å². The molecule has 0 radical (unpaired) electrons. The minimum atomic E-state index is -0.252. The molecule has 4 nitrogen and oxygen atoms in total. The van der Waals surface area contributed by atoms with Crippen LogP contribution in [0, 0.1) is 5.92 Å². The smallest absolute Gasteiger partial charge is 0.319 e. The molecule has 4 heteroatoms. The van der Waals surface area contributed by atoms with Crippen LogP contribution in [-0.2, 0) is 6.42 Å². The Morgan fingerprint density at radius 1 is 1.04 bits per heavy atom. The second kappa shape index (κ2) is 8.34. The zero-order valence-electron chi connectivity index (χ0n) is 13.6. The van der Waals surface area contributed by atoms with E-state index in [2.05, 4.69) is 22.8 Å². The van der Waals surface area contributed by atoms with Crippen molar-refractivity contribution in [3.63, 3.8) is 0 Å². The number of aliphatic hydroxyl groups is 1. The zero-order chi connectivity index (χ0) is 16.7. The second-order valence-electron chi connectivity index (χ2n) is 5.87. The second-order valence-corrected chi connectivity index (χ2v) is 5.87. The van der Waals surface area contributed by atoms with Crippen molar-refractivity contribution in [3.05, 3.63) is 65.7 Å². The number of hydrogen-bond donors (Lipinski definition) is 3. The van der Waals surface area contributed by atoms with Crippen LogP contribution in [0.5, 0.6) is 0 Å². The predicted molar refractivity (Wildman–Crippen MR) is 93.6 cm³/mol. The minimum absolute atomic E-state index is 0.0142. The molecule has 23 heavy (non-hydrogen) atoms. The monoisotopic (exact) mass is 312 g/mol. The van der Waals surface area contributed by atoms with Gasteiger partial charge in [-0.1, -0.05) is 55.5 Å². The Bertz CT molecular complexity index is 628. The van der Waals surface area contributed by atoms with E-state index in [-0.39, 0.29) is 24.6 Å². The summed E-state index contributed by atoms with van der Waals surface area (Å²) >= 11 is 0. The van der Waals surface area contributed by atoms with Crippen LogP contribution in [0.3, 0.4) is 0 Å². The number of hydrogen-bond acceptors (Lipinski definition) is 2. The fraction of sp³-hybridized carbons (Fsp3) is 0.316. The molecule has 2 atom stereocenters. The molecule has 2 aromatic carbocycles. The highest BCUT2D eigenvalue weighted by molar-refractivity contribution is 5.90. The zero-order valence-corrected chi connectivity index (χ0v) is 13.6. The van der Waals surface area contributed by atoms with Gasteiger partial charge in [-0.15, -0.1) is 0 Å². The SMILES string of the molecule is CC(CO)C(C)NC(=O)Nc1ccccc1Cc1ccccc1. The largest absolute Gasteiger partial charge is 0.396 e. The summed E-state index contributed by atoms with van der Waals surface area (Å²) in [6.07, 6.45) is 0.764. The van der Waals surface area contributed by atoms with Crippen molar-refractivity contribution in [2.75, 3.05) is 11.9 Å². The summed E-state index contributed by atoms with van der Waals surface area (Å²) < 4.78 is 0. The molecule has 0 aliphatic heterocycles. The van der Waals surface area contributed by atoms with Crippen LogP contribution in [0.25, 0.3) is 0 Å². The summed E-state index contributed by atoms with van der Waals surface area (Å²) in [5.41, 5.74) is 3.07. The van der Waals surface area contributed by atoms with Crippen LogP contribution in [-0.4, -0.2) is 23.8 Å². The third kappa shape index (κ3) is 5.11. The lowest BCUT2D eigenvalue weighted by atomic mass is 10.0. The van der Waals surface area contributed by atoms with Crippen molar-refractivity contribution < 1.29 is 9.90 Å². The van der Waals surface area contributed by atoms with E-state index in [0.29, 0.717) is 0 Å². The Balaban J connectivity index is 2.04. The summed E-state index contributed by atoms with van der Waals surface area (Å²) in [7, 11) is 0. The van der Waals surface area contributed by atoms with Crippen molar-refractivity contribution in [1.82, 2.24) is 5.32 Å². The Morgan fingerprint density at radius 3 is 2.39 bits per heavy atom. The van der Waals surface area contributed by atoms with Gasteiger partial charge in [-0.25, -0.2) is 4.79 Å². The van der Waals surface area contributed by atoms with Crippen LogP contribution in [0.4, 0.5) is 10.5 Å². The first-order valence-corrected chi connectivity index (χ1v) is 7.90. The van der Waals surface area contributed by atoms with Crippen molar-refractivity contribution in [2.45, 2.75) is 26.3 Å². The van der Waals surface area contributed by atoms with Gasteiger partial charge >= 0.3 is 6.03 Å². The number of nitrogens with one attached hydrogen (secondary N) is 2. The topological polar surface area (TPSA) is 61.4 Å². The highest BCUT2D eigenvalue weighted by Crippen LogP contribution is 2.19. The molecule has 122 valence electrons. The molecule has 0 bridgehead atoms. The van der Waals surface area contributed by atoms with E-state index < -0.39 is 0 Å². The van der Waals surface area contributed by atoms with E-state index in [9.17, 15) is 4.79 Å². The van der Waals surface area contributed by atoms with Gasteiger partial charge in [0.15, 0.2) is 0 Å². The maximum atomic E-state index is 12.1. The van der Waals surface area contributed by atoms with Gasteiger partial charge in [0.1, 0.15) is 0 Å². The Kier molecular flexibility index (Phi) is 6.18. The molecule has 2 amide bonds. The lowest BCUT2D eigenvalue weighted by Crippen LogP contribution is -2.40. The Labute approximate surface area is 137 Å². The van der Waals surface area contributed by atoms with Crippen LogP contribution < -0.4 is 10.6 Å². The van der Waals surface area contributed by atoms with E-state index in [1.807, 2.05) is 56.3 Å². The molecule has 0 spiro atoms. The first-order valence-electron chi connectivity index (χ1n) is 7.90. The Hall–Kier alpha value is -2.33. The number of para-hydroxylation sites is 1. The standard InChI is InChI=1S/C19H24N2O2/c1-14(13-22)15(2)20-19(23)21-18-11-7-6-10-17(18)12-16-8-4-3-5-9-16/h3-11,14-15,22H,12-13H2,1-2H3,(H2,20,21,23). The van der Waals surface area contributed by atoms with Crippen molar-refractivity contribution in [3.8, 4) is 0 Å². The van der Waals surface area contributed by atoms with Crippen molar-refractivity contribution >= 4 is 11.7 Å². The molecule has 0 aliphatic carbocycles. The summed E-state index contributed by atoms with van der Waals surface area (Å²) in [5, 5.41) is 14.9. The predicted octanol–water partition coefficient (Wildman–Crippen LogP) is 3.42. The number of amides is 2. The number of rotatable bonds is 6. The number of anilines is 1. The quantitative estimate of drug-likeness (QED) is 0.765. The fourth-order valence-electron chi connectivity index (χ4n) is 2.28. The fourth-order valence-corrected chi connectivity index (χ4v) is 2.28. The van der Waals surface area contributed by atoms with Gasteiger partial charge in [-0.05, 0) is 36.5 Å². The highest BCUT2D eigenvalue weighted by atomic mass is 16.3. The van der Waals surface area contributed by atoms with Crippen LogP contribution in [0.2, 0.25) is 0 Å². The average Bonchev–Trinajstić information content (AvgIpc) is 2.56. The van der Waals surface area contributed by atoms with Gasteiger partial charge in [-0.2, -0.15) is 0 Å². The number of carbonyl (C=O) groups is 1. The molecule has 0 heterocycles. The molecule has 0 aliphatic rings. The number of carbonyl (C=O) groups excluding carboxylic acids is 1. The van der Waals surface area contributed by atoms with Crippen LogP contribution in [0.15, 0.2) is 54.6 Å². The average molecular weight is 312 g/mol. The van der Waals surface area contributed by atoms with Crippen LogP contribution in [0.1, 0.15) is 25.0 Å². The summed E-state index contributed by atoms with van der Waals surface area (Å²) in [6, 6.07) is 17.6. The number of aliphatic hydroxyl groups excluding tert-OH is 1. The van der Waals surface area contributed by atoms with E-state index >= 15 is 0 Å². The molecule has 0 aromatic heterocycles. The van der Waals surface area contributed by atoms with E-state index in [1.165, 1.54) is 5.56 Å². The van der Waals surface area contributed by atoms with Gasteiger partial charge in [0, 0.05) is 18.3 Å². The molecule has 0 saturated heterocycles. The van der Waals surface area contributed by atoms with Gasteiger partial charge in [-0.3, -0.25) is 0 Å². The summed E-state index contributed by atoms with van der Waals surface area (Å²) in [4.78, 5) is 12.1. The summed E-state index contributed by atoms with van der Waals surface area (Å²) in [6.45, 7) is 3.83. The normalized spacial score (nSPS) is 13.2. The minimum Gasteiger partial charge on any atom is -0.396 e.